The molecule has 37 heavy (non-hydrogen) atoms. The Labute approximate surface area is 212 Å². The molecule has 1 saturated heterocycles. The first-order chi connectivity index (χ1) is 17.6. The Morgan fingerprint density at radius 1 is 1.05 bits per heavy atom. The number of ether oxygens (including phenoxy) is 2. The zero-order valence-electron chi connectivity index (χ0n) is 20.2. The maximum absolute atomic E-state index is 13.4. The van der Waals surface area contributed by atoms with Crippen molar-refractivity contribution in [2.45, 2.75) is 51.1 Å². The number of hydrazone groups is 1. The highest BCUT2D eigenvalue weighted by molar-refractivity contribution is 5.95. The minimum Gasteiger partial charge on any atom is -0.490 e. The van der Waals surface area contributed by atoms with Gasteiger partial charge in [0.2, 0.25) is 0 Å². The van der Waals surface area contributed by atoms with Gasteiger partial charge in [-0.15, -0.1) is 0 Å². The van der Waals surface area contributed by atoms with Gasteiger partial charge in [-0.25, -0.2) is 4.79 Å². The minimum absolute atomic E-state index is 0.134. The van der Waals surface area contributed by atoms with Gasteiger partial charge in [-0.3, -0.25) is 9.80 Å². The predicted octanol–water partition coefficient (Wildman–Crippen LogP) is 5.08. The van der Waals surface area contributed by atoms with Gasteiger partial charge in [0.1, 0.15) is 24.2 Å². The Bertz CT molecular complexity index is 1120. The van der Waals surface area contributed by atoms with Crippen LogP contribution in [0, 0.1) is 5.92 Å². The van der Waals surface area contributed by atoms with Crippen molar-refractivity contribution in [3.8, 4) is 5.75 Å². The number of amides is 1. The second kappa shape index (κ2) is 11.1. The summed E-state index contributed by atoms with van der Waals surface area (Å²) in [5.74, 6) is -1.76. The van der Waals surface area contributed by atoms with Crippen LogP contribution in [0.5, 0.6) is 5.75 Å². The van der Waals surface area contributed by atoms with Crippen molar-refractivity contribution in [1.82, 2.24) is 4.90 Å². The van der Waals surface area contributed by atoms with E-state index in [-0.39, 0.29) is 18.8 Å². The molecule has 0 saturated carbocycles. The third kappa shape index (κ3) is 6.52. The molecule has 2 aliphatic heterocycles. The van der Waals surface area contributed by atoms with Crippen molar-refractivity contribution < 1.29 is 37.3 Å². The number of hydrogen-bond donors (Lipinski definition) is 1. The lowest BCUT2D eigenvalue weighted by molar-refractivity contribution is -0.137. The number of rotatable bonds is 7. The van der Waals surface area contributed by atoms with Crippen molar-refractivity contribution >= 4 is 23.5 Å². The number of hydrogen-bond acceptors (Lipinski definition) is 6. The molecule has 1 amide bonds. The highest BCUT2D eigenvalue weighted by Crippen LogP contribution is 2.37. The molecule has 2 aliphatic rings. The number of anilines is 1. The number of likely N-dealkylation sites (tertiary alicyclic amines) is 1. The Balaban J connectivity index is 1.32. The number of carbonyl (C=O) groups is 2. The van der Waals surface area contributed by atoms with E-state index in [4.69, 9.17) is 9.47 Å². The molecule has 11 heteroatoms. The lowest BCUT2D eigenvalue weighted by Gasteiger charge is -2.31. The lowest BCUT2D eigenvalue weighted by Crippen LogP contribution is -2.42. The standard InChI is InChI=1S/C26H28F3N3O5/c1-17-22(15-23(33)34)32(30-24(17)26(27,28)29)19-7-9-20(10-8-19)37-21-11-13-31(14-12-21)25(35)36-16-18-5-3-2-4-6-18/h2-10,17,21-22H,11-16H2,1H3,(H,33,34)/t17-,22-/m0/s1. The van der Waals surface area contributed by atoms with Crippen LogP contribution >= 0.6 is 0 Å². The molecule has 0 aromatic heterocycles. The zero-order valence-corrected chi connectivity index (χ0v) is 20.2. The SMILES string of the molecule is C[C@@H]1C(C(F)(F)F)=NN(c2ccc(OC3CCN(C(=O)OCc4ccccc4)CC3)cc2)[C@H]1CC(=O)O. The van der Waals surface area contributed by atoms with Crippen LogP contribution in [-0.2, 0) is 16.1 Å². The van der Waals surface area contributed by atoms with E-state index < -0.39 is 36.2 Å². The van der Waals surface area contributed by atoms with E-state index in [0.717, 1.165) is 10.6 Å². The average Bonchev–Trinajstić information content (AvgIpc) is 3.20. The summed E-state index contributed by atoms with van der Waals surface area (Å²) in [6.07, 6.45) is -4.42. The molecule has 1 N–H and O–H groups in total. The third-order valence-electron chi connectivity index (χ3n) is 6.52. The molecular weight excluding hydrogens is 491 g/mol. The number of carbonyl (C=O) groups excluding carboxylic acids is 1. The maximum Gasteiger partial charge on any atom is 0.431 e. The number of piperidine rings is 1. The van der Waals surface area contributed by atoms with Crippen molar-refractivity contribution in [1.29, 1.82) is 0 Å². The van der Waals surface area contributed by atoms with Crippen molar-refractivity contribution in [2.24, 2.45) is 11.0 Å². The van der Waals surface area contributed by atoms with Crippen LogP contribution in [0.4, 0.5) is 23.7 Å². The number of benzene rings is 2. The number of carboxylic acids is 1. The molecule has 8 nitrogen and oxygen atoms in total. The summed E-state index contributed by atoms with van der Waals surface area (Å²) in [7, 11) is 0. The largest absolute Gasteiger partial charge is 0.490 e. The van der Waals surface area contributed by atoms with E-state index in [1.54, 1.807) is 29.2 Å². The summed E-state index contributed by atoms with van der Waals surface area (Å²) in [5, 5.41) is 14.0. The molecule has 0 radical (unpaired) electrons. The molecule has 4 rings (SSSR count). The Kier molecular flexibility index (Phi) is 7.89. The van der Waals surface area contributed by atoms with Gasteiger partial charge in [0, 0.05) is 31.8 Å². The molecule has 2 aromatic carbocycles. The van der Waals surface area contributed by atoms with Gasteiger partial charge >= 0.3 is 18.2 Å². The maximum atomic E-state index is 13.4. The van der Waals surface area contributed by atoms with Gasteiger partial charge in [-0.05, 0) is 29.8 Å². The first kappa shape index (κ1) is 26.3. The van der Waals surface area contributed by atoms with Gasteiger partial charge in [0.05, 0.1) is 18.2 Å². The molecule has 198 valence electrons. The number of alkyl halides is 3. The fourth-order valence-corrected chi connectivity index (χ4v) is 4.52. The molecular formula is C26H28F3N3O5. The van der Waals surface area contributed by atoms with Crippen LogP contribution in [0.1, 0.15) is 31.7 Å². The molecule has 2 heterocycles. The van der Waals surface area contributed by atoms with Gasteiger partial charge in [-0.2, -0.15) is 18.3 Å². The highest BCUT2D eigenvalue weighted by Gasteiger charge is 2.48. The summed E-state index contributed by atoms with van der Waals surface area (Å²) in [6, 6.07) is 14.9. The van der Waals surface area contributed by atoms with E-state index in [1.807, 2.05) is 30.3 Å². The molecule has 0 aliphatic carbocycles. The molecule has 0 unspecified atom stereocenters. The average molecular weight is 520 g/mol. The number of carboxylic acid groups (broad SMARTS) is 1. The zero-order chi connectivity index (χ0) is 26.6. The first-order valence-electron chi connectivity index (χ1n) is 12.0. The second-order valence-corrected chi connectivity index (χ2v) is 9.12. The molecule has 0 bridgehead atoms. The fourth-order valence-electron chi connectivity index (χ4n) is 4.52. The highest BCUT2D eigenvalue weighted by atomic mass is 19.4. The molecule has 1 fully saturated rings. The van der Waals surface area contributed by atoms with Crippen molar-refractivity contribution in [3.05, 3.63) is 60.2 Å². The van der Waals surface area contributed by atoms with Gasteiger partial charge in [0.15, 0.2) is 0 Å². The van der Waals surface area contributed by atoms with Crippen molar-refractivity contribution in [3.63, 3.8) is 0 Å². The van der Waals surface area contributed by atoms with E-state index in [0.29, 0.717) is 37.4 Å². The Morgan fingerprint density at radius 2 is 1.70 bits per heavy atom. The fraction of sp³-hybridized carbons (Fsp3) is 0.423. The number of halogens is 3. The van der Waals surface area contributed by atoms with E-state index in [1.165, 1.54) is 6.92 Å². The first-order valence-corrected chi connectivity index (χ1v) is 12.0. The summed E-state index contributed by atoms with van der Waals surface area (Å²) in [6.45, 7) is 2.50. The molecule has 2 atom stereocenters. The summed E-state index contributed by atoms with van der Waals surface area (Å²) in [5.41, 5.74) is 0.268. The summed E-state index contributed by atoms with van der Waals surface area (Å²) in [4.78, 5) is 25.2. The van der Waals surface area contributed by atoms with Gasteiger partial charge in [-0.1, -0.05) is 37.3 Å². The second-order valence-electron chi connectivity index (χ2n) is 9.12. The Hall–Kier alpha value is -3.76. The summed E-state index contributed by atoms with van der Waals surface area (Å²) < 4.78 is 51.5. The van der Waals surface area contributed by atoms with E-state index in [9.17, 15) is 27.9 Å². The topological polar surface area (TPSA) is 91.7 Å². The normalized spacial score (nSPS) is 20.5. The van der Waals surface area contributed by atoms with Crippen LogP contribution in [0.15, 0.2) is 59.7 Å². The monoisotopic (exact) mass is 519 g/mol. The smallest absolute Gasteiger partial charge is 0.431 e. The molecule has 2 aromatic rings. The van der Waals surface area contributed by atoms with Crippen LogP contribution in [0.2, 0.25) is 0 Å². The van der Waals surface area contributed by atoms with Crippen LogP contribution in [-0.4, -0.2) is 59.2 Å². The van der Waals surface area contributed by atoms with Crippen LogP contribution in [0.25, 0.3) is 0 Å². The van der Waals surface area contributed by atoms with E-state index in [2.05, 4.69) is 5.10 Å². The lowest BCUT2D eigenvalue weighted by atomic mass is 9.94. The quantitative estimate of drug-likeness (QED) is 0.548. The Morgan fingerprint density at radius 3 is 2.30 bits per heavy atom. The van der Waals surface area contributed by atoms with Crippen LogP contribution in [0.3, 0.4) is 0 Å². The third-order valence-corrected chi connectivity index (χ3v) is 6.52. The molecule has 0 spiro atoms. The number of nitrogens with zero attached hydrogens (tertiary/aromatic N) is 3. The minimum atomic E-state index is -4.64. The van der Waals surface area contributed by atoms with E-state index >= 15 is 0 Å². The predicted molar refractivity (Wildman–Crippen MR) is 129 cm³/mol. The van der Waals surface area contributed by atoms with Gasteiger partial charge < -0.3 is 19.5 Å². The summed E-state index contributed by atoms with van der Waals surface area (Å²) >= 11 is 0. The van der Waals surface area contributed by atoms with Crippen molar-refractivity contribution in [2.75, 3.05) is 18.1 Å². The number of aliphatic carboxylic acids is 1. The van der Waals surface area contributed by atoms with Gasteiger partial charge in [0.25, 0.3) is 0 Å². The van der Waals surface area contributed by atoms with Crippen LogP contribution < -0.4 is 9.75 Å².